The van der Waals surface area contributed by atoms with Crippen LogP contribution in [0.2, 0.25) is 0 Å². The summed E-state index contributed by atoms with van der Waals surface area (Å²) in [5, 5.41) is 2.50. The maximum atomic E-state index is 13.9. The van der Waals surface area contributed by atoms with Crippen molar-refractivity contribution in [1.82, 2.24) is 14.8 Å². The number of amides is 2. The Hall–Kier alpha value is -3.11. The molecule has 2 aromatic rings. The molecule has 4 rings (SSSR count). The first-order chi connectivity index (χ1) is 15.2. The second kappa shape index (κ2) is 8.10. The molecule has 32 heavy (non-hydrogen) atoms. The highest BCUT2D eigenvalue weighted by Crippen LogP contribution is 2.39. The molecule has 1 N–H and O–H groups in total. The van der Waals surface area contributed by atoms with Gasteiger partial charge in [0.05, 0.1) is 13.2 Å². The molecule has 3 heterocycles. The number of hydrogen-bond donors (Lipinski definition) is 1. The quantitative estimate of drug-likeness (QED) is 0.751. The molecule has 1 aromatic carbocycles. The standard InChI is InChI=1S/C22H23F2N3O5/c1-4-26-20(30)17-12(2)18(28)15(9-27(17)22(10-32-11-22)21(26)31-3)19(29)25-8-13-5-6-14(23)7-16(13)24/h5-7,9,21H,4,8,10-11H2,1-3H3,(H,25,29). The van der Waals surface area contributed by atoms with Gasteiger partial charge >= 0.3 is 0 Å². The highest BCUT2D eigenvalue weighted by atomic mass is 19.1. The Labute approximate surface area is 182 Å². The first-order valence-electron chi connectivity index (χ1n) is 10.2. The SMILES string of the molecule is CCN1C(=O)c2c(C)c(=O)c(C(=O)NCc3ccc(F)cc3F)cn2C2(COC2)C1OC. The van der Waals surface area contributed by atoms with Gasteiger partial charge < -0.3 is 24.3 Å². The molecule has 0 saturated carbocycles. The van der Waals surface area contributed by atoms with Crippen molar-refractivity contribution in [3.63, 3.8) is 0 Å². The van der Waals surface area contributed by atoms with Crippen LogP contribution in [0.4, 0.5) is 8.78 Å². The van der Waals surface area contributed by atoms with E-state index in [1.807, 2.05) is 6.92 Å². The minimum Gasteiger partial charge on any atom is -0.376 e. The summed E-state index contributed by atoms with van der Waals surface area (Å²) in [5.74, 6) is -2.63. The number of benzene rings is 1. The number of nitrogens with zero attached hydrogens (tertiary/aromatic N) is 2. The van der Waals surface area contributed by atoms with Gasteiger partial charge in [-0.3, -0.25) is 14.4 Å². The third kappa shape index (κ3) is 3.21. The van der Waals surface area contributed by atoms with Crippen molar-refractivity contribution in [3.05, 3.63) is 68.6 Å². The summed E-state index contributed by atoms with van der Waals surface area (Å²) in [6.07, 6.45) is 0.716. The van der Waals surface area contributed by atoms with E-state index in [2.05, 4.69) is 5.32 Å². The van der Waals surface area contributed by atoms with E-state index >= 15 is 0 Å². The average molecular weight is 447 g/mol. The lowest BCUT2D eigenvalue weighted by Crippen LogP contribution is -2.70. The second-order valence-electron chi connectivity index (χ2n) is 7.91. The molecule has 2 aliphatic heterocycles. The van der Waals surface area contributed by atoms with Crippen LogP contribution < -0.4 is 10.7 Å². The van der Waals surface area contributed by atoms with E-state index < -0.39 is 34.7 Å². The summed E-state index contributed by atoms with van der Waals surface area (Å²) in [6.45, 7) is 3.94. The first kappa shape index (κ1) is 22.1. The number of likely N-dealkylation sites (N-methyl/N-ethyl adjacent to an activating group) is 1. The van der Waals surface area contributed by atoms with Crippen LogP contribution in [0, 0.1) is 18.6 Å². The zero-order chi connectivity index (χ0) is 23.2. The molecular weight excluding hydrogens is 424 g/mol. The van der Waals surface area contributed by atoms with Crippen molar-refractivity contribution in [2.24, 2.45) is 0 Å². The monoisotopic (exact) mass is 447 g/mol. The van der Waals surface area contributed by atoms with Crippen LogP contribution in [0.1, 0.15) is 38.9 Å². The predicted molar refractivity (Wildman–Crippen MR) is 109 cm³/mol. The van der Waals surface area contributed by atoms with Gasteiger partial charge in [0.25, 0.3) is 11.8 Å². The van der Waals surface area contributed by atoms with Crippen LogP contribution in [-0.4, -0.2) is 54.4 Å². The minimum absolute atomic E-state index is 0.0756. The van der Waals surface area contributed by atoms with Crippen LogP contribution in [0.3, 0.4) is 0 Å². The van der Waals surface area contributed by atoms with Crippen LogP contribution in [-0.2, 0) is 21.6 Å². The van der Waals surface area contributed by atoms with E-state index in [1.54, 1.807) is 9.47 Å². The highest BCUT2D eigenvalue weighted by molar-refractivity contribution is 5.98. The van der Waals surface area contributed by atoms with Crippen molar-refractivity contribution in [3.8, 4) is 0 Å². The van der Waals surface area contributed by atoms with Gasteiger partial charge in [-0.25, -0.2) is 8.78 Å². The van der Waals surface area contributed by atoms with Gasteiger partial charge in [0.2, 0.25) is 0 Å². The molecule has 0 aliphatic carbocycles. The van der Waals surface area contributed by atoms with Gasteiger partial charge in [0.1, 0.15) is 28.4 Å². The normalized spacial score (nSPS) is 19.0. The molecule has 1 saturated heterocycles. The molecule has 2 amide bonds. The molecule has 1 aromatic heterocycles. The smallest absolute Gasteiger partial charge is 0.273 e. The van der Waals surface area contributed by atoms with Crippen LogP contribution >= 0.6 is 0 Å². The van der Waals surface area contributed by atoms with Gasteiger partial charge in [0.15, 0.2) is 11.7 Å². The molecule has 170 valence electrons. The van der Waals surface area contributed by atoms with E-state index in [0.29, 0.717) is 6.54 Å². The van der Waals surface area contributed by atoms with Gasteiger partial charge in [0, 0.05) is 43.6 Å². The van der Waals surface area contributed by atoms with Crippen molar-refractivity contribution < 1.29 is 27.8 Å². The summed E-state index contributed by atoms with van der Waals surface area (Å²) in [6, 6.07) is 3.02. The van der Waals surface area contributed by atoms with Crippen LogP contribution in [0.25, 0.3) is 0 Å². The fourth-order valence-corrected chi connectivity index (χ4v) is 4.36. The van der Waals surface area contributed by atoms with Gasteiger partial charge in [-0.2, -0.15) is 0 Å². The third-order valence-corrected chi connectivity index (χ3v) is 6.09. The molecule has 0 bridgehead atoms. The zero-order valence-corrected chi connectivity index (χ0v) is 17.9. The minimum atomic E-state index is -0.803. The number of fused-ring (bicyclic) bond motifs is 2. The van der Waals surface area contributed by atoms with E-state index in [4.69, 9.17) is 9.47 Å². The van der Waals surface area contributed by atoms with Gasteiger partial charge in [-0.15, -0.1) is 0 Å². The lowest BCUT2D eigenvalue weighted by Gasteiger charge is -2.54. The number of carbonyl (C=O) groups is 2. The Morgan fingerprint density at radius 1 is 1.31 bits per heavy atom. The number of rotatable bonds is 5. The Balaban J connectivity index is 1.74. The molecule has 1 spiro atoms. The summed E-state index contributed by atoms with van der Waals surface area (Å²) >= 11 is 0. The highest BCUT2D eigenvalue weighted by Gasteiger charge is 2.56. The molecular formula is C22H23F2N3O5. The second-order valence-corrected chi connectivity index (χ2v) is 7.91. The molecule has 2 aliphatic rings. The van der Waals surface area contributed by atoms with E-state index in [9.17, 15) is 23.2 Å². The van der Waals surface area contributed by atoms with Gasteiger partial charge in [-0.05, 0) is 19.9 Å². The Morgan fingerprint density at radius 2 is 2.03 bits per heavy atom. The van der Waals surface area contributed by atoms with E-state index in [1.165, 1.54) is 26.3 Å². The topological polar surface area (TPSA) is 89.9 Å². The summed E-state index contributed by atoms with van der Waals surface area (Å²) in [7, 11) is 1.49. The molecule has 0 radical (unpaired) electrons. The van der Waals surface area contributed by atoms with Crippen molar-refractivity contribution in [2.75, 3.05) is 26.9 Å². The van der Waals surface area contributed by atoms with Crippen molar-refractivity contribution in [2.45, 2.75) is 32.2 Å². The number of hydrogen-bond acceptors (Lipinski definition) is 5. The number of halogens is 2. The molecule has 1 fully saturated rings. The number of carbonyl (C=O) groups excluding carboxylic acids is 2. The summed E-state index contributed by atoms with van der Waals surface area (Å²) in [5.41, 5.74) is -1.16. The molecule has 1 atom stereocenters. The fraction of sp³-hybridized carbons (Fsp3) is 0.409. The number of pyridine rings is 1. The average Bonchev–Trinajstić information content (AvgIpc) is 2.73. The number of aromatic nitrogens is 1. The Bertz CT molecular complexity index is 1160. The third-order valence-electron chi connectivity index (χ3n) is 6.09. The van der Waals surface area contributed by atoms with Crippen molar-refractivity contribution in [1.29, 1.82) is 0 Å². The van der Waals surface area contributed by atoms with E-state index in [-0.39, 0.29) is 48.0 Å². The summed E-state index contributed by atoms with van der Waals surface area (Å²) in [4.78, 5) is 40.5. The first-order valence-corrected chi connectivity index (χ1v) is 10.2. The zero-order valence-electron chi connectivity index (χ0n) is 17.9. The summed E-state index contributed by atoms with van der Waals surface area (Å²) < 4.78 is 39.7. The van der Waals surface area contributed by atoms with Crippen LogP contribution in [0.5, 0.6) is 0 Å². The lowest BCUT2D eigenvalue weighted by atomic mass is 9.88. The van der Waals surface area contributed by atoms with Gasteiger partial charge in [-0.1, -0.05) is 6.07 Å². The Kier molecular flexibility index (Phi) is 5.59. The number of ether oxygens (including phenoxy) is 2. The molecule has 1 unspecified atom stereocenters. The van der Waals surface area contributed by atoms with Crippen LogP contribution in [0.15, 0.2) is 29.2 Å². The Morgan fingerprint density at radius 3 is 2.59 bits per heavy atom. The maximum Gasteiger partial charge on any atom is 0.273 e. The van der Waals surface area contributed by atoms with Crippen molar-refractivity contribution >= 4 is 11.8 Å². The predicted octanol–water partition coefficient (Wildman–Crippen LogP) is 1.54. The lowest BCUT2D eigenvalue weighted by molar-refractivity contribution is -0.210. The number of methoxy groups -OCH3 is 1. The maximum absolute atomic E-state index is 13.9. The molecule has 10 heteroatoms. The largest absolute Gasteiger partial charge is 0.376 e. The fourth-order valence-electron chi connectivity index (χ4n) is 4.36. The number of nitrogens with one attached hydrogen (secondary N) is 1. The molecule has 8 nitrogen and oxygen atoms in total. The van der Waals surface area contributed by atoms with E-state index in [0.717, 1.165) is 12.1 Å².